The van der Waals surface area contributed by atoms with Crippen molar-refractivity contribution in [2.75, 3.05) is 6.61 Å². The highest BCUT2D eigenvalue weighted by Gasteiger charge is 2.21. The Morgan fingerprint density at radius 1 is 1.67 bits per heavy atom. The van der Waals surface area contributed by atoms with Gasteiger partial charge in [0.15, 0.2) is 0 Å². The van der Waals surface area contributed by atoms with Crippen LogP contribution in [-0.4, -0.2) is 17.5 Å². The molecule has 1 aliphatic carbocycles. The monoisotopic (exact) mass is 186 g/mol. The normalized spacial score (nSPS) is 27.5. The topological polar surface area (TPSA) is 26.3 Å². The average molecular weight is 187 g/mol. The summed E-state index contributed by atoms with van der Waals surface area (Å²) in [7, 11) is 0. The molecule has 1 rings (SSSR count). The molecule has 1 unspecified atom stereocenters. The summed E-state index contributed by atoms with van der Waals surface area (Å²) in [6, 6.07) is 0. The first-order valence-corrected chi connectivity index (χ1v) is 4.17. The van der Waals surface area contributed by atoms with Gasteiger partial charge < -0.3 is 4.74 Å². The van der Waals surface area contributed by atoms with E-state index in [1.54, 1.807) is 0 Å². The lowest BCUT2D eigenvalue weighted by atomic mass is 9.98. The Kier molecular flexibility index (Phi) is 3.06. The molecule has 3 heteroatoms. The third-order valence-corrected chi connectivity index (χ3v) is 1.84. The van der Waals surface area contributed by atoms with Gasteiger partial charge >= 0.3 is 0 Å². The van der Waals surface area contributed by atoms with E-state index < -0.39 is 5.24 Å². The maximum atomic E-state index is 10.4. The Bertz CT molecular complexity index is 233. The highest BCUT2D eigenvalue weighted by atomic mass is 35.5. The summed E-state index contributed by atoms with van der Waals surface area (Å²) >= 11 is 5.15. The van der Waals surface area contributed by atoms with Crippen LogP contribution in [0.5, 0.6) is 0 Å². The van der Waals surface area contributed by atoms with Gasteiger partial charge in [0.1, 0.15) is 6.61 Å². The van der Waals surface area contributed by atoms with Crippen molar-refractivity contribution < 1.29 is 9.53 Å². The largest absolute Gasteiger partial charge is 0.362 e. The van der Waals surface area contributed by atoms with Crippen LogP contribution in [0, 0.1) is 0 Å². The zero-order valence-electron chi connectivity index (χ0n) is 6.92. The molecule has 1 atom stereocenters. The van der Waals surface area contributed by atoms with Crippen molar-refractivity contribution >= 4 is 16.8 Å². The van der Waals surface area contributed by atoms with Gasteiger partial charge in [-0.1, -0.05) is 24.3 Å². The molecule has 0 saturated carbocycles. The van der Waals surface area contributed by atoms with Crippen LogP contribution in [0.15, 0.2) is 24.3 Å². The van der Waals surface area contributed by atoms with Gasteiger partial charge in [-0.15, -0.1) is 0 Å². The molecule has 0 saturated heterocycles. The fourth-order valence-corrected chi connectivity index (χ4v) is 1.09. The van der Waals surface area contributed by atoms with Crippen molar-refractivity contribution in [2.24, 2.45) is 0 Å². The Morgan fingerprint density at radius 2 is 2.42 bits per heavy atom. The molecule has 0 aromatic carbocycles. The number of rotatable bonds is 3. The molecule has 0 spiro atoms. The molecule has 0 amide bonds. The Balaban J connectivity index is 2.44. The van der Waals surface area contributed by atoms with Gasteiger partial charge in [-0.3, -0.25) is 4.79 Å². The SMILES string of the molecule is CC1(OCC(=O)Cl)C=CC=CC1. The molecule has 0 aromatic heterocycles. The van der Waals surface area contributed by atoms with E-state index >= 15 is 0 Å². The molecule has 0 aromatic rings. The lowest BCUT2D eigenvalue weighted by molar-refractivity contribution is -0.119. The second kappa shape index (κ2) is 3.87. The number of halogens is 1. The van der Waals surface area contributed by atoms with Gasteiger partial charge in [0.25, 0.3) is 0 Å². The molecule has 66 valence electrons. The van der Waals surface area contributed by atoms with E-state index in [0.29, 0.717) is 0 Å². The molecule has 12 heavy (non-hydrogen) atoms. The van der Waals surface area contributed by atoms with Crippen LogP contribution >= 0.6 is 11.6 Å². The predicted octanol–water partition coefficient (Wildman–Crippen LogP) is 2.04. The fourth-order valence-electron chi connectivity index (χ4n) is 1.04. The zero-order valence-corrected chi connectivity index (χ0v) is 7.67. The Labute approximate surface area is 76.9 Å². The van der Waals surface area contributed by atoms with Gasteiger partial charge in [0.2, 0.25) is 5.24 Å². The summed E-state index contributed by atoms with van der Waals surface area (Å²) in [6.45, 7) is 1.89. The molecule has 0 radical (unpaired) electrons. The van der Waals surface area contributed by atoms with Crippen molar-refractivity contribution in [1.82, 2.24) is 0 Å². The fraction of sp³-hybridized carbons (Fsp3) is 0.444. The Hall–Kier alpha value is -0.600. The van der Waals surface area contributed by atoms with E-state index in [-0.39, 0.29) is 12.2 Å². The van der Waals surface area contributed by atoms with Crippen LogP contribution < -0.4 is 0 Å². The number of hydrogen-bond acceptors (Lipinski definition) is 2. The summed E-state index contributed by atoms with van der Waals surface area (Å²) in [5, 5.41) is -0.459. The number of carbonyl (C=O) groups excluding carboxylic acids is 1. The standard InChI is InChI=1S/C9H11ClO2/c1-9(12-7-8(10)11)5-3-2-4-6-9/h2-5H,6-7H2,1H3. The van der Waals surface area contributed by atoms with E-state index in [9.17, 15) is 4.79 Å². The smallest absolute Gasteiger partial charge is 0.247 e. The summed E-state index contributed by atoms with van der Waals surface area (Å²) in [4.78, 5) is 10.4. The van der Waals surface area contributed by atoms with E-state index in [2.05, 4.69) is 0 Å². The second-order valence-electron chi connectivity index (χ2n) is 2.95. The number of carbonyl (C=O) groups is 1. The summed E-state index contributed by atoms with van der Waals surface area (Å²) in [5.74, 6) is 0. The van der Waals surface area contributed by atoms with Gasteiger partial charge in [-0.25, -0.2) is 0 Å². The maximum absolute atomic E-state index is 10.4. The lowest BCUT2D eigenvalue weighted by Crippen LogP contribution is -2.28. The third-order valence-electron chi connectivity index (χ3n) is 1.73. The minimum atomic E-state index is -0.459. The van der Waals surface area contributed by atoms with Crippen LogP contribution in [-0.2, 0) is 9.53 Å². The van der Waals surface area contributed by atoms with Crippen LogP contribution in [0.3, 0.4) is 0 Å². The molecular weight excluding hydrogens is 176 g/mol. The van der Waals surface area contributed by atoms with Crippen LogP contribution in [0.25, 0.3) is 0 Å². The maximum Gasteiger partial charge on any atom is 0.247 e. The minimum absolute atomic E-state index is 0.0315. The van der Waals surface area contributed by atoms with Crippen molar-refractivity contribution in [2.45, 2.75) is 18.9 Å². The third kappa shape index (κ3) is 2.80. The van der Waals surface area contributed by atoms with Crippen molar-refractivity contribution in [1.29, 1.82) is 0 Å². The molecule has 0 N–H and O–H groups in total. The van der Waals surface area contributed by atoms with E-state index in [0.717, 1.165) is 6.42 Å². The molecule has 0 heterocycles. The molecule has 0 aliphatic heterocycles. The van der Waals surface area contributed by atoms with Crippen molar-refractivity contribution in [3.63, 3.8) is 0 Å². The first-order valence-electron chi connectivity index (χ1n) is 3.79. The Morgan fingerprint density at radius 3 is 2.92 bits per heavy atom. The van der Waals surface area contributed by atoms with E-state index in [1.807, 2.05) is 31.2 Å². The first kappa shape index (κ1) is 9.49. The molecular formula is C9H11ClO2. The number of hydrogen-bond donors (Lipinski definition) is 0. The molecule has 0 fully saturated rings. The van der Waals surface area contributed by atoms with Crippen LogP contribution in [0.4, 0.5) is 0 Å². The van der Waals surface area contributed by atoms with Crippen molar-refractivity contribution in [3.8, 4) is 0 Å². The molecule has 0 bridgehead atoms. The minimum Gasteiger partial charge on any atom is -0.362 e. The summed E-state index contributed by atoms with van der Waals surface area (Å²) in [5.41, 5.74) is -0.362. The number of allylic oxidation sites excluding steroid dienone is 2. The second-order valence-corrected chi connectivity index (χ2v) is 3.37. The highest BCUT2D eigenvalue weighted by Crippen LogP contribution is 2.21. The van der Waals surface area contributed by atoms with Crippen LogP contribution in [0.1, 0.15) is 13.3 Å². The zero-order chi connectivity index (χ0) is 9.03. The number of ether oxygens (including phenoxy) is 1. The lowest BCUT2D eigenvalue weighted by Gasteiger charge is -2.25. The predicted molar refractivity (Wildman–Crippen MR) is 48.1 cm³/mol. The highest BCUT2D eigenvalue weighted by molar-refractivity contribution is 6.63. The summed E-state index contributed by atoms with van der Waals surface area (Å²) in [6.07, 6.45) is 8.56. The van der Waals surface area contributed by atoms with Crippen molar-refractivity contribution in [3.05, 3.63) is 24.3 Å². The van der Waals surface area contributed by atoms with Gasteiger partial charge in [0.05, 0.1) is 5.60 Å². The van der Waals surface area contributed by atoms with Gasteiger partial charge in [-0.2, -0.15) is 0 Å². The van der Waals surface area contributed by atoms with Gasteiger partial charge in [-0.05, 0) is 24.9 Å². The molecule has 2 nitrogen and oxygen atoms in total. The van der Waals surface area contributed by atoms with Crippen LogP contribution in [0.2, 0.25) is 0 Å². The summed E-state index contributed by atoms with van der Waals surface area (Å²) < 4.78 is 5.31. The van der Waals surface area contributed by atoms with E-state index in [4.69, 9.17) is 16.3 Å². The molecule has 1 aliphatic rings. The van der Waals surface area contributed by atoms with Gasteiger partial charge in [0, 0.05) is 0 Å². The average Bonchev–Trinajstić information content (AvgIpc) is 2.03. The van der Waals surface area contributed by atoms with E-state index in [1.165, 1.54) is 0 Å². The first-order chi connectivity index (χ1) is 5.62. The quantitative estimate of drug-likeness (QED) is 0.631.